The largest absolute Gasteiger partial charge is 0.462 e. The van der Waals surface area contributed by atoms with Gasteiger partial charge in [0.1, 0.15) is 11.3 Å². The molecule has 0 fully saturated rings. The number of ether oxygens (including phenoxy) is 1. The monoisotopic (exact) mass is 315 g/mol. The van der Waals surface area contributed by atoms with Crippen LogP contribution >= 0.6 is 23.4 Å². The number of halogens is 1. The number of thioether (sulfide) groups is 1. The second-order valence-electron chi connectivity index (χ2n) is 4.29. The third kappa shape index (κ3) is 4.11. The van der Waals surface area contributed by atoms with Gasteiger partial charge in [-0.15, -0.1) is 0 Å². The van der Waals surface area contributed by atoms with E-state index < -0.39 is 5.97 Å². The number of carbonyl (C=O) groups is 1. The van der Waals surface area contributed by atoms with Gasteiger partial charge in [-0.25, -0.2) is 4.79 Å². The smallest absolute Gasteiger partial charge is 0.339 e. The zero-order valence-corrected chi connectivity index (χ0v) is 13.3. The van der Waals surface area contributed by atoms with Gasteiger partial charge >= 0.3 is 5.97 Å². The third-order valence-electron chi connectivity index (χ3n) is 2.42. The van der Waals surface area contributed by atoms with Crippen molar-refractivity contribution in [2.45, 2.75) is 26.0 Å². The Morgan fingerprint density at radius 2 is 2.20 bits per heavy atom. The lowest BCUT2D eigenvalue weighted by Crippen LogP contribution is -2.30. The van der Waals surface area contributed by atoms with Gasteiger partial charge in [0.25, 0.3) is 0 Å². The van der Waals surface area contributed by atoms with Gasteiger partial charge < -0.3 is 4.74 Å². The Hall–Kier alpha value is -1.27. The van der Waals surface area contributed by atoms with Crippen LogP contribution in [0.15, 0.2) is 12.3 Å². The van der Waals surface area contributed by atoms with Gasteiger partial charge in [0.15, 0.2) is 0 Å². The number of nitrogens with one attached hydrogen (secondary N) is 2. The van der Waals surface area contributed by atoms with Crippen molar-refractivity contribution >= 4 is 35.2 Å². The number of aromatic nitrogens is 1. The molecule has 0 aliphatic carbocycles. The molecule has 5 nitrogen and oxygen atoms in total. The first-order valence-corrected chi connectivity index (χ1v) is 7.63. The van der Waals surface area contributed by atoms with E-state index in [4.69, 9.17) is 27.2 Å². The maximum atomic E-state index is 11.7. The van der Waals surface area contributed by atoms with Crippen LogP contribution in [0.5, 0.6) is 0 Å². The average Bonchev–Trinajstić information content (AvgIpc) is 2.39. The molecule has 0 saturated carbocycles. The minimum atomic E-state index is -0.554. The molecule has 0 unspecified atom stereocenters. The number of hydrogen-bond acceptors (Lipinski definition) is 5. The molecule has 1 aromatic heterocycles. The molecule has 0 aliphatic rings. The topological polar surface area (TPSA) is 78.9 Å². The molecule has 20 heavy (non-hydrogen) atoms. The fourth-order valence-corrected chi connectivity index (χ4v) is 2.30. The van der Waals surface area contributed by atoms with Gasteiger partial charge in [0.05, 0.1) is 22.9 Å². The van der Waals surface area contributed by atoms with E-state index in [9.17, 15) is 4.79 Å². The van der Waals surface area contributed by atoms with Crippen molar-refractivity contribution in [2.24, 2.45) is 0 Å². The van der Waals surface area contributed by atoms with Gasteiger partial charge in [-0.3, -0.25) is 15.4 Å². The van der Waals surface area contributed by atoms with E-state index >= 15 is 0 Å². The van der Waals surface area contributed by atoms with Crippen molar-refractivity contribution in [1.29, 1.82) is 10.8 Å². The molecule has 0 spiro atoms. The fourth-order valence-electron chi connectivity index (χ4n) is 1.44. The maximum Gasteiger partial charge on any atom is 0.339 e. The molecule has 0 amide bonds. The quantitative estimate of drug-likeness (QED) is 0.498. The fraction of sp³-hybridized carbons (Fsp3) is 0.462. The number of hydrogen-bond donors (Lipinski definition) is 2. The van der Waals surface area contributed by atoms with Crippen LogP contribution in [0.25, 0.3) is 0 Å². The Kier molecular flexibility index (Phi) is 6.29. The van der Waals surface area contributed by atoms with Crippen molar-refractivity contribution in [3.8, 4) is 0 Å². The minimum Gasteiger partial charge on any atom is -0.462 e. The van der Waals surface area contributed by atoms with Crippen molar-refractivity contribution < 1.29 is 9.53 Å². The molecule has 1 aromatic rings. The molecule has 0 atom stereocenters. The van der Waals surface area contributed by atoms with Crippen LogP contribution < -0.4 is 5.49 Å². The number of carbonyl (C=O) groups excluding carboxylic acids is 1. The van der Waals surface area contributed by atoms with Crippen molar-refractivity contribution in [3.63, 3.8) is 0 Å². The minimum absolute atomic E-state index is 0.00486. The molecule has 2 N–H and O–H groups in total. The van der Waals surface area contributed by atoms with Crippen LogP contribution in [0, 0.1) is 10.8 Å². The summed E-state index contributed by atoms with van der Waals surface area (Å²) < 4.78 is 6.23. The molecule has 0 radical (unpaired) electrons. The van der Waals surface area contributed by atoms with E-state index in [1.807, 2.05) is 13.8 Å². The highest BCUT2D eigenvalue weighted by molar-refractivity contribution is 8.00. The number of rotatable bonds is 5. The van der Waals surface area contributed by atoms with Crippen LogP contribution in [0.2, 0.25) is 5.02 Å². The Balaban J connectivity index is 3.03. The summed E-state index contributed by atoms with van der Waals surface area (Å²) in [5, 5.41) is 16.3. The molecule has 1 heterocycles. The number of nitrogens with zero attached hydrogens (tertiary/aromatic N) is 1. The SMILES string of the molecule is CCOC(=O)c1ccn(C(=N)CSC(C)C)c(=N)c1Cl. The molecular weight excluding hydrogens is 298 g/mol. The maximum absolute atomic E-state index is 11.7. The molecule has 0 bridgehead atoms. The summed E-state index contributed by atoms with van der Waals surface area (Å²) in [6, 6.07) is 1.48. The summed E-state index contributed by atoms with van der Waals surface area (Å²) in [5.74, 6) is 0.177. The second-order valence-corrected chi connectivity index (χ2v) is 6.23. The average molecular weight is 316 g/mol. The Bertz CT molecular complexity index is 569. The van der Waals surface area contributed by atoms with Crippen molar-refractivity contribution in [2.75, 3.05) is 12.4 Å². The van der Waals surface area contributed by atoms with E-state index in [2.05, 4.69) is 0 Å². The van der Waals surface area contributed by atoms with Crippen LogP contribution in [0.3, 0.4) is 0 Å². The summed E-state index contributed by atoms with van der Waals surface area (Å²) in [6.45, 7) is 6.04. The highest BCUT2D eigenvalue weighted by Crippen LogP contribution is 2.13. The normalized spacial score (nSPS) is 10.7. The summed E-state index contributed by atoms with van der Waals surface area (Å²) in [4.78, 5) is 11.7. The molecule has 0 aromatic carbocycles. The van der Waals surface area contributed by atoms with E-state index in [1.54, 1.807) is 18.7 Å². The molecule has 0 aliphatic heterocycles. The lowest BCUT2D eigenvalue weighted by Gasteiger charge is -2.12. The van der Waals surface area contributed by atoms with Crippen LogP contribution in [-0.2, 0) is 4.74 Å². The molecule has 1 rings (SSSR count). The zero-order chi connectivity index (χ0) is 15.3. The van der Waals surface area contributed by atoms with Gasteiger partial charge in [-0.2, -0.15) is 11.8 Å². The first-order chi connectivity index (χ1) is 9.38. The van der Waals surface area contributed by atoms with E-state index in [0.717, 1.165) is 0 Å². The van der Waals surface area contributed by atoms with Crippen molar-refractivity contribution in [3.05, 3.63) is 28.3 Å². The van der Waals surface area contributed by atoms with Gasteiger partial charge in [0.2, 0.25) is 0 Å². The summed E-state index contributed by atoms with van der Waals surface area (Å²) in [7, 11) is 0. The van der Waals surface area contributed by atoms with Crippen LogP contribution in [-0.4, -0.2) is 34.0 Å². The lowest BCUT2D eigenvalue weighted by atomic mass is 10.2. The first-order valence-electron chi connectivity index (χ1n) is 6.20. The van der Waals surface area contributed by atoms with Gasteiger partial charge in [-0.05, 0) is 18.2 Å². The molecule has 0 saturated heterocycles. The highest BCUT2D eigenvalue weighted by atomic mass is 35.5. The summed E-state index contributed by atoms with van der Waals surface area (Å²) >= 11 is 7.63. The van der Waals surface area contributed by atoms with E-state index in [1.165, 1.54) is 16.8 Å². The molecule has 7 heteroatoms. The summed E-state index contributed by atoms with van der Waals surface area (Å²) in [6.07, 6.45) is 1.50. The van der Waals surface area contributed by atoms with Crippen LogP contribution in [0.1, 0.15) is 31.1 Å². The molecule has 110 valence electrons. The number of pyridine rings is 1. The first kappa shape index (κ1) is 16.8. The highest BCUT2D eigenvalue weighted by Gasteiger charge is 2.15. The third-order valence-corrected chi connectivity index (χ3v) is 3.90. The van der Waals surface area contributed by atoms with Gasteiger partial charge in [-0.1, -0.05) is 25.4 Å². The predicted octanol–water partition coefficient (Wildman–Crippen LogP) is 2.76. The Morgan fingerprint density at radius 1 is 1.55 bits per heavy atom. The predicted molar refractivity (Wildman–Crippen MR) is 82.0 cm³/mol. The van der Waals surface area contributed by atoms with Crippen LogP contribution in [0.4, 0.5) is 0 Å². The van der Waals surface area contributed by atoms with E-state index in [-0.39, 0.29) is 28.5 Å². The second kappa shape index (κ2) is 7.50. The van der Waals surface area contributed by atoms with Gasteiger partial charge in [0, 0.05) is 6.20 Å². The molecular formula is C13H18ClN3O2S. The van der Waals surface area contributed by atoms with E-state index in [0.29, 0.717) is 11.0 Å². The zero-order valence-electron chi connectivity index (χ0n) is 11.7. The lowest BCUT2D eigenvalue weighted by molar-refractivity contribution is 0.0526. The Labute approximate surface area is 127 Å². The summed E-state index contributed by atoms with van der Waals surface area (Å²) in [5.41, 5.74) is 0.0747. The van der Waals surface area contributed by atoms with Crippen molar-refractivity contribution in [1.82, 2.24) is 4.57 Å². The number of esters is 1. The standard InChI is InChI=1S/C13H18ClN3O2S/c1-4-19-13(18)9-5-6-17(12(16)11(9)14)10(15)7-20-8(2)3/h5-6,8,15-16H,4,7H2,1-3H3. The Morgan fingerprint density at radius 3 is 2.75 bits per heavy atom.